The van der Waals surface area contributed by atoms with E-state index >= 15 is 0 Å². The van der Waals surface area contributed by atoms with Crippen molar-refractivity contribution < 1.29 is 38.3 Å². The summed E-state index contributed by atoms with van der Waals surface area (Å²) in [4.78, 5) is 0. The van der Waals surface area contributed by atoms with E-state index in [4.69, 9.17) is 10.00 Å². The molecule has 2 aliphatic rings. The average molecular weight is 410 g/mol. The predicted octanol–water partition coefficient (Wildman–Crippen LogP) is 2.22. The van der Waals surface area contributed by atoms with Crippen molar-refractivity contribution in [2.24, 2.45) is 5.92 Å². The summed E-state index contributed by atoms with van der Waals surface area (Å²) in [5, 5.41) is 50.8. The van der Waals surface area contributed by atoms with Gasteiger partial charge in [0.25, 0.3) is 0 Å². The number of ether oxygens (including phenoxy) is 1. The van der Waals surface area contributed by atoms with Gasteiger partial charge in [-0.3, -0.25) is 4.57 Å². The molecule has 2 aromatic rings. The van der Waals surface area contributed by atoms with Gasteiger partial charge in [0, 0.05) is 5.92 Å². The first-order chi connectivity index (χ1) is 13.4. The molecule has 7 nitrogen and oxygen atoms in total. The van der Waals surface area contributed by atoms with E-state index < -0.39 is 58.9 Å². The summed E-state index contributed by atoms with van der Waals surface area (Å²) in [7, 11) is 0. The van der Waals surface area contributed by atoms with Crippen LogP contribution >= 0.6 is 0 Å². The number of benzene rings is 1. The lowest BCUT2D eigenvalue weighted by atomic mass is 9.71. The van der Waals surface area contributed by atoms with Crippen molar-refractivity contribution in [1.29, 1.82) is 5.26 Å². The van der Waals surface area contributed by atoms with E-state index in [1.54, 1.807) is 0 Å². The lowest BCUT2D eigenvalue weighted by molar-refractivity contribution is -0.137. The lowest BCUT2D eigenvalue weighted by Crippen LogP contribution is -2.42. The Hall–Kier alpha value is -2.74. The van der Waals surface area contributed by atoms with Gasteiger partial charge >= 0.3 is 6.18 Å². The minimum atomic E-state index is -4.82. The molecule has 4 atom stereocenters. The lowest BCUT2D eigenvalue weighted by Gasteiger charge is -2.31. The topological polar surface area (TPSA) is 119 Å². The van der Waals surface area contributed by atoms with Crippen LogP contribution in [0.5, 0.6) is 11.8 Å². The molecular weight excluding hydrogens is 393 g/mol. The van der Waals surface area contributed by atoms with E-state index in [1.165, 1.54) is 19.9 Å². The van der Waals surface area contributed by atoms with Gasteiger partial charge in [0.2, 0.25) is 11.8 Å². The van der Waals surface area contributed by atoms with Crippen LogP contribution in [-0.2, 0) is 22.1 Å². The number of fused-ring (bicyclic) bond motifs is 5. The van der Waals surface area contributed by atoms with Gasteiger partial charge in [-0.1, -0.05) is 0 Å². The summed E-state index contributed by atoms with van der Waals surface area (Å²) in [6.07, 6.45) is -6.03. The highest BCUT2D eigenvalue weighted by Gasteiger charge is 2.69. The molecular formula is C19H17F3N2O5. The molecule has 0 amide bonds. The number of hydrogen-bond acceptors (Lipinski definition) is 6. The van der Waals surface area contributed by atoms with Gasteiger partial charge in [-0.2, -0.15) is 18.4 Å². The van der Waals surface area contributed by atoms with Crippen LogP contribution in [0.15, 0.2) is 18.2 Å². The van der Waals surface area contributed by atoms with Crippen molar-refractivity contribution in [2.75, 3.05) is 6.61 Å². The summed E-state index contributed by atoms with van der Waals surface area (Å²) in [5.41, 5.74) is -4.71. The van der Waals surface area contributed by atoms with E-state index in [0.717, 1.165) is 16.7 Å². The van der Waals surface area contributed by atoms with Gasteiger partial charge in [0.05, 0.1) is 46.7 Å². The molecule has 0 radical (unpaired) electrons. The zero-order valence-electron chi connectivity index (χ0n) is 15.3. The second-order valence-corrected chi connectivity index (χ2v) is 7.62. The maximum Gasteiger partial charge on any atom is 0.417 e. The van der Waals surface area contributed by atoms with Gasteiger partial charge in [0.15, 0.2) is 0 Å². The highest BCUT2D eigenvalue weighted by molar-refractivity contribution is 5.62. The van der Waals surface area contributed by atoms with Crippen LogP contribution in [0.3, 0.4) is 0 Å². The Morgan fingerprint density at radius 2 is 1.76 bits per heavy atom. The number of alkyl halides is 3. The Balaban J connectivity index is 1.98. The first-order valence-electron chi connectivity index (χ1n) is 8.70. The molecule has 2 unspecified atom stereocenters. The third-order valence-corrected chi connectivity index (χ3v) is 6.07. The number of rotatable bonds is 2. The van der Waals surface area contributed by atoms with Gasteiger partial charge in [-0.25, -0.2) is 0 Å². The van der Waals surface area contributed by atoms with E-state index in [-0.39, 0.29) is 16.8 Å². The Morgan fingerprint density at radius 1 is 1.17 bits per heavy atom. The number of aromatic nitrogens is 1. The molecule has 29 heavy (non-hydrogen) atoms. The highest BCUT2D eigenvalue weighted by Crippen LogP contribution is 2.66. The molecule has 0 aliphatic carbocycles. The molecule has 2 aliphatic heterocycles. The van der Waals surface area contributed by atoms with Crippen LogP contribution in [0.1, 0.15) is 36.1 Å². The summed E-state index contributed by atoms with van der Waals surface area (Å²) in [6.45, 7) is 2.53. The monoisotopic (exact) mass is 410 g/mol. The van der Waals surface area contributed by atoms with Crippen LogP contribution in [0, 0.1) is 17.2 Å². The molecule has 3 heterocycles. The van der Waals surface area contributed by atoms with Crippen molar-refractivity contribution in [2.45, 2.75) is 37.3 Å². The minimum Gasteiger partial charge on any atom is -0.494 e. The number of nitrogens with zero attached hydrogens (tertiary/aromatic N) is 2. The van der Waals surface area contributed by atoms with Crippen molar-refractivity contribution >= 4 is 0 Å². The SMILES string of the molecule is CC12OC(C)(c3c1c(O)n(-c1ccc(C#N)c(C(F)(F)F)c1)c3O)[C@@H](CO)[C@@H]2O. The fourth-order valence-electron chi connectivity index (χ4n) is 4.71. The molecule has 2 bridgehead atoms. The highest BCUT2D eigenvalue weighted by atomic mass is 19.4. The number of aromatic hydroxyl groups is 2. The van der Waals surface area contributed by atoms with Crippen molar-refractivity contribution in [3.8, 4) is 23.5 Å². The van der Waals surface area contributed by atoms with Crippen LogP contribution in [-0.4, -0.2) is 37.7 Å². The Kier molecular flexibility index (Phi) is 3.82. The first kappa shape index (κ1) is 19.6. The molecule has 1 aromatic heterocycles. The van der Waals surface area contributed by atoms with Gasteiger partial charge in [-0.05, 0) is 32.0 Å². The van der Waals surface area contributed by atoms with Crippen LogP contribution in [0.4, 0.5) is 13.2 Å². The quantitative estimate of drug-likeness (QED) is 0.603. The molecule has 0 saturated carbocycles. The summed E-state index contributed by atoms with van der Waals surface area (Å²) >= 11 is 0. The molecule has 4 N–H and O–H groups in total. The smallest absolute Gasteiger partial charge is 0.417 e. The van der Waals surface area contributed by atoms with E-state index in [9.17, 15) is 33.6 Å². The van der Waals surface area contributed by atoms with Gasteiger partial charge < -0.3 is 25.2 Å². The first-order valence-corrected chi connectivity index (χ1v) is 8.70. The number of halogens is 3. The van der Waals surface area contributed by atoms with E-state index in [2.05, 4.69) is 0 Å². The van der Waals surface area contributed by atoms with Crippen molar-refractivity contribution in [3.05, 3.63) is 40.5 Å². The minimum absolute atomic E-state index is 0.0487. The standard InChI is InChI=1S/C19H17F3N2O5/c1-17-11(7-25)14(26)18(2,29-17)13-12(17)15(27)24(16(13)28)9-4-3-8(6-23)10(5-9)19(20,21)22/h3-5,11,14,25-28H,7H2,1-2H3/t11-,14-,17?,18?/m0/s1. The maximum absolute atomic E-state index is 13.3. The predicted molar refractivity (Wildman–Crippen MR) is 91.2 cm³/mol. The third kappa shape index (κ3) is 2.23. The Bertz CT molecular complexity index is 1070. The maximum atomic E-state index is 13.3. The summed E-state index contributed by atoms with van der Waals surface area (Å²) < 4.78 is 46.7. The van der Waals surface area contributed by atoms with Crippen molar-refractivity contribution in [3.63, 3.8) is 0 Å². The molecule has 4 rings (SSSR count). The average Bonchev–Trinajstić information content (AvgIpc) is 3.13. The van der Waals surface area contributed by atoms with Crippen LogP contribution in [0.2, 0.25) is 0 Å². The summed E-state index contributed by atoms with van der Waals surface area (Å²) in [6, 6.07) is 4.23. The molecule has 1 fully saturated rings. The largest absolute Gasteiger partial charge is 0.494 e. The Morgan fingerprint density at radius 3 is 2.28 bits per heavy atom. The fraction of sp³-hybridized carbons (Fsp3) is 0.421. The van der Waals surface area contributed by atoms with Gasteiger partial charge in [0.1, 0.15) is 11.2 Å². The number of nitriles is 1. The van der Waals surface area contributed by atoms with Gasteiger partial charge in [-0.15, -0.1) is 0 Å². The van der Waals surface area contributed by atoms with Crippen LogP contribution in [0.25, 0.3) is 5.69 Å². The zero-order chi connectivity index (χ0) is 21.5. The van der Waals surface area contributed by atoms with Crippen molar-refractivity contribution in [1.82, 2.24) is 4.57 Å². The molecule has 10 heteroatoms. The van der Waals surface area contributed by atoms with E-state index in [0.29, 0.717) is 6.07 Å². The number of hydrogen-bond donors (Lipinski definition) is 4. The number of aliphatic hydroxyl groups excluding tert-OH is 2. The zero-order valence-corrected chi connectivity index (χ0v) is 15.3. The van der Waals surface area contributed by atoms with Crippen LogP contribution < -0.4 is 0 Å². The molecule has 154 valence electrons. The fourth-order valence-corrected chi connectivity index (χ4v) is 4.71. The normalized spacial score (nSPS) is 30.4. The summed E-state index contributed by atoms with van der Waals surface area (Å²) in [5.74, 6) is -1.96. The second-order valence-electron chi connectivity index (χ2n) is 7.62. The second kappa shape index (κ2) is 5.66. The molecule has 0 spiro atoms. The molecule has 1 saturated heterocycles. The third-order valence-electron chi connectivity index (χ3n) is 6.07. The Labute approximate surface area is 162 Å². The molecule has 1 aromatic carbocycles. The van der Waals surface area contributed by atoms with E-state index in [1.807, 2.05) is 0 Å². The number of aliphatic hydroxyl groups is 2.